The summed E-state index contributed by atoms with van der Waals surface area (Å²) in [6.45, 7) is 2.78. The van der Waals surface area contributed by atoms with Crippen molar-refractivity contribution in [2.24, 2.45) is 0 Å². The number of carbonyl (C=O) groups excluding carboxylic acids is 2. The summed E-state index contributed by atoms with van der Waals surface area (Å²) in [6, 6.07) is 9.32. The molecule has 1 aromatic carbocycles. The first-order valence-corrected chi connectivity index (χ1v) is 13.1. The number of amides is 3. The lowest BCUT2D eigenvalue weighted by Gasteiger charge is -2.11. The van der Waals surface area contributed by atoms with E-state index in [0.29, 0.717) is 12.2 Å². The van der Waals surface area contributed by atoms with Crippen LogP contribution in [0.2, 0.25) is 0 Å². The molecule has 178 valence electrons. The van der Waals surface area contributed by atoms with Gasteiger partial charge >= 0.3 is 6.03 Å². The molecule has 1 aliphatic heterocycles. The number of benzene rings is 1. The summed E-state index contributed by atoms with van der Waals surface area (Å²) in [5.41, 5.74) is 1.29. The highest BCUT2D eigenvalue weighted by molar-refractivity contribution is 6.13. The van der Waals surface area contributed by atoms with Crippen molar-refractivity contribution in [3.05, 3.63) is 41.6 Å². The van der Waals surface area contributed by atoms with Gasteiger partial charge in [0.15, 0.2) is 0 Å². The number of hydrogen-bond donors (Lipinski definition) is 1. The van der Waals surface area contributed by atoms with Crippen molar-refractivity contribution in [1.82, 2.24) is 10.2 Å². The zero-order valence-corrected chi connectivity index (χ0v) is 20.2. The first-order chi connectivity index (χ1) is 15.7. The van der Waals surface area contributed by atoms with E-state index in [1.165, 1.54) is 94.8 Å². The number of urea groups is 1. The number of unbranched alkanes of at least 4 members (excludes halogenated alkanes) is 15. The Hall–Kier alpha value is -2.10. The highest BCUT2D eigenvalue weighted by Crippen LogP contribution is 2.16. The molecule has 4 nitrogen and oxygen atoms in total. The minimum Gasteiger partial charge on any atom is -0.303 e. The van der Waals surface area contributed by atoms with Crippen LogP contribution in [0.1, 0.15) is 115 Å². The van der Waals surface area contributed by atoms with E-state index in [1.54, 1.807) is 6.08 Å². The molecule has 32 heavy (non-hydrogen) atoms. The second-order valence-corrected chi connectivity index (χ2v) is 9.16. The first-order valence-electron chi connectivity index (χ1n) is 13.1. The Morgan fingerprint density at radius 1 is 0.688 bits per heavy atom. The number of imide groups is 1. The predicted molar refractivity (Wildman–Crippen MR) is 134 cm³/mol. The summed E-state index contributed by atoms with van der Waals surface area (Å²) in [7, 11) is 0. The third-order valence-corrected chi connectivity index (χ3v) is 6.31. The van der Waals surface area contributed by atoms with E-state index in [0.717, 1.165) is 18.4 Å². The van der Waals surface area contributed by atoms with Crippen molar-refractivity contribution >= 4 is 18.0 Å². The van der Waals surface area contributed by atoms with Crippen molar-refractivity contribution in [3.8, 4) is 0 Å². The Labute approximate surface area is 195 Å². The van der Waals surface area contributed by atoms with Crippen molar-refractivity contribution < 1.29 is 9.59 Å². The van der Waals surface area contributed by atoms with Crippen LogP contribution in [-0.4, -0.2) is 23.4 Å². The fraction of sp³-hybridized carbons (Fsp3) is 0.643. The molecule has 0 unspecified atom stereocenters. The molecule has 1 aromatic rings. The predicted octanol–water partition coefficient (Wildman–Crippen LogP) is 7.84. The van der Waals surface area contributed by atoms with Gasteiger partial charge in [0.1, 0.15) is 5.70 Å². The molecule has 0 aromatic heterocycles. The van der Waals surface area contributed by atoms with E-state index in [4.69, 9.17) is 0 Å². The minimum absolute atomic E-state index is 0.209. The van der Waals surface area contributed by atoms with Gasteiger partial charge < -0.3 is 5.32 Å². The van der Waals surface area contributed by atoms with Gasteiger partial charge in [-0.1, -0.05) is 134 Å². The van der Waals surface area contributed by atoms with Gasteiger partial charge in [0.25, 0.3) is 5.91 Å². The first kappa shape index (κ1) is 26.2. The third kappa shape index (κ3) is 10.5. The largest absolute Gasteiger partial charge is 0.329 e. The molecule has 1 saturated heterocycles. The molecule has 4 heteroatoms. The normalized spacial score (nSPS) is 15.0. The van der Waals surface area contributed by atoms with Gasteiger partial charge in [0.2, 0.25) is 0 Å². The molecule has 1 aliphatic rings. The third-order valence-electron chi connectivity index (χ3n) is 6.31. The fourth-order valence-electron chi connectivity index (χ4n) is 4.31. The summed E-state index contributed by atoms with van der Waals surface area (Å²) >= 11 is 0. The van der Waals surface area contributed by atoms with Gasteiger partial charge in [0, 0.05) is 6.54 Å². The zero-order chi connectivity index (χ0) is 22.9. The molecule has 2 rings (SSSR count). The molecule has 0 aliphatic carbocycles. The van der Waals surface area contributed by atoms with E-state index in [9.17, 15) is 9.59 Å². The molecule has 1 heterocycles. The van der Waals surface area contributed by atoms with Crippen molar-refractivity contribution in [2.75, 3.05) is 6.54 Å². The van der Waals surface area contributed by atoms with Crippen LogP contribution in [0.5, 0.6) is 0 Å². The van der Waals surface area contributed by atoms with Crippen LogP contribution >= 0.6 is 0 Å². The summed E-state index contributed by atoms with van der Waals surface area (Å²) in [4.78, 5) is 26.0. The molecule has 0 saturated carbocycles. The molecule has 0 bridgehead atoms. The van der Waals surface area contributed by atoms with E-state index in [1.807, 2.05) is 30.3 Å². The van der Waals surface area contributed by atoms with Gasteiger partial charge in [-0.2, -0.15) is 0 Å². The monoisotopic (exact) mass is 440 g/mol. The number of hydrogen-bond acceptors (Lipinski definition) is 2. The number of rotatable bonds is 18. The molecule has 0 atom stereocenters. The van der Waals surface area contributed by atoms with Gasteiger partial charge in [-0.25, -0.2) is 4.79 Å². The van der Waals surface area contributed by atoms with Crippen molar-refractivity contribution in [3.63, 3.8) is 0 Å². The van der Waals surface area contributed by atoms with Crippen LogP contribution in [0.15, 0.2) is 36.0 Å². The summed E-state index contributed by atoms with van der Waals surface area (Å²) < 4.78 is 0. The minimum atomic E-state index is -0.293. The Morgan fingerprint density at radius 3 is 1.66 bits per heavy atom. The van der Waals surface area contributed by atoms with Crippen LogP contribution in [0, 0.1) is 0 Å². The summed E-state index contributed by atoms with van der Waals surface area (Å²) in [6.07, 6.45) is 22.8. The molecule has 3 amide bonds. The van der Waals surface area contributed by atoms with E-state index >= 15 is 0 Å². The number of carbonyl (C=O) groups is 2. The zero-order valence-electron chi connectivity index (χ0n) is 20.2. The molecule has 0 radical (unpaired) electrons. The van der Waals surface area contributed by atoms with E-state index < -0.39 is 0 Å². The fourth-order valence-corrected chi connectivity index (χ4v) is 4.31. The molecule has 1 fully saturated rings. The van der Waals surface area contributed by atoms with Gasteiger partial charge in [0.05, 0.1) is 0 Å². The van der Waals surface area contributed by atoms with E-state index in [2.05, 4.69) is 12.2 Å². The molecular formula is C28H44N2O2. The SMILES string of the molecule is CCCCCCCCCCCCCCCCCCN1C(=O)N/C(=C\c2ccccc2)C1=O. The van der Waals surface area contributed by atoms with Crippen LogP contribution in [0.3, 0.4) is 0 Å². The maximum atomic E-state index is 12.5. The second-order valence-electron chi connectivity index (χ2n) is 9.16. The lowest BCUT2D eigenvalue weighted by molar-refractivity contribution is -0.122. The smallest absolute Gasteiger partial charge is 0.303 e. The number of nitrogens with zero attached hydrogens (tertiary/aromatic N) is 1. The average Bonchev–Trinajstić information content (AvgIpc) is 3.06. The molecule has 1 N–H and O–H groups in total. The standard InChI is InChI=1S/C28H44N2O2/c1-2-3-4-5-6-7-8-9-10-11-12-13-14-15-16-20-23-30-27(31)26(29-28(30)32)24-25-21-18-17-19-22-25/h17-19,21-22,24H,2-16,20,23H2,1H3,(H,29,32)/b26-24-. The number of nitrogens with one attached hydrogen (secondary N) is 1. The Morgan fingerprint density at radius 2 is 1.16 bits per heavy atom. The molecular weight excluding hydrogens is 396 g/mol. The Kier molecular flexibility index (Phi) is 13.5. The van der Waals surface area contributed by atoms with Gasteiger partial charge in [-0.15, -0.1) is 0 Å². The van der Waals surface area contributed by atoms with Crippen LogP contribution in [-0.2, 0) is 4.79 Å². The van der Waals surface area contributed by atoms with Crippen molar-refractivity contribution in [1.29, 1.82) is 0 Å². The van der Waals surface area contributed by atoms with Crippen LogP contribution in [0.25, 0.3) is 6.08 Å². The summed E-state index contributed by atoms with van der Waals surface area (Å²) in [5.74, 6) is -0.209. The highest BCUT2D eigenvalue weighted by Gasteiger charge is 2.32. The van der Waals surface area contributed by atoms with Crippen LogP contribution < -0.4 is 5.32 Å². The van der Waals surface area contributed by atoms with Crippen molar-refractivity contribution in [2.45, 2.75) is 110 Å². The lowest BCUT2D eigenvalue weighted by Crippen LogP contribution is -2.31. The second kappa shape index (κ2) is 16.5. The lowest BCUT2D eigenvalue weighted by atomic mass is 10.0. The Balaban J connectivity index is 1.43. The summed E-state index contributed by atoms with van der Waals surface area (Å²) in [5, 5.41) is 2.71. The maximum absolute atomic E-state index is 12.5. The van der Waals surface area contributed by atoms with Crippen LogP contribution in [0.4, 0.5) is 4.79 Å². The molecule has 0 spiro atoms. The van der Waals surface area contributed by atoms with E-state index in [-0.39, 0.29) is 11.9 Å². The Bertz CT molecular complexity index is 684. The van der Waals surface area contributed by atoms with Gasteiger partial charge in [-0.3, -0.25) is 9.69 Å². The maximum Gasteiger partial charge on any atom is 0.329 e. The topological polar surface area (TPSA) is 49.4 Å². The average molecular weight is 441 g/mol. The highest BCUT2D eigenvalue weighted by atomic mass is 16.2. The quantitative estimate of drug-likeness (QED) is 0.144. The van der Waals surface area contributed by atoms with Gasteiger partial charge in [-0.05, 0) is 18.1 Å².